The highest BCUT2D eigenvalue weighted by molar-refractivity contribution is 6.90. The molecule has 5 heterocycles. The zero-order chi connectivity index (χ0) is 55.1. The van der Waals surface area contributed by atoms with Crippen LogP contribution < -0.4 is 20.7 Å². The summed E-state index contributed by atoms with van der Waals surface area (Å²) in [6.07, 6.45) is 4.73. The number of nitrogens with zero attached hydrogens (tertiary/aromatic N) is 2. The van der Waals surface area contributed by atoms with Crippen LogP contribution >= 0.6 is 0 Å². The van der Waals surface area contributed by atoms with E-state index in [0.29, 0.717) is 102 Å². The number of hydrogen-bond acceptors (Lipinski definition) is 6. The molecular weight excluding hydrogens is 1020 g/mol. The first-order chi connectivity index (χ1) is 35.4. The van der Waals surface area contributed by atoms with Crippen molar-refractivity contribution in [1.29, 1.82) is 0 Å². The van der Waals surface area contributed by atoms with Crippen LogP contribution in [0.3, 0.4) is 0 Å². The summed E-state index contributed by atoms with van der Waals surface area (Å²) in [5.74, 6) is -4.22. The predicted octanol–water partition coefficient (Wildman–Crippen LogP) is 11.9. The Morgan fingerprint density at radius 1 is 0.368 bits per heavy atom. The van der Waals surface area contributed by atoms with E-state index in [4.69, 9.17) is 9.97 Å². The van der Waals surface area contributed by atoms with E-state index >= 15 is 0 Å². The van der Waals surface area contributed by atoms with Crippen molar-refractivity contribution in [2.75, 3.05) is 0 Å². The lowest BCUT2D eigenvalue weighted by Crippen LogP contribution is -2.38. The van der Waals surface area contributed by atoms with Crippen molar-refractivity contribution in [3.05, 3.63) is 142 Å². The highest BCUT2D eigenvalue weighted by atomic mass is 28.3. The highest BCUT2D eigenvalue weighted by Crippen LogP contribution is 2.39. The molecule has 0 aliphatic carbocycles. The van der Waals surface area contributed by atoms with Gasteiger partial charge in [-0.2, -0.15) is 0 Å². The van der Waals surface area contributed by atoms with Gasteiger partial charge in [-0.1, -0.05) is 124 Å². The molecule has 2 aliphatic heterocycles. The van der Waals surface area contributed by atoms with Crippen molar-refractivity contribution >= 4 is 111 Å². The molecule has 3 aromatic heterocycles. The monoisotopic (exact) mass is 1080 g/mol. The van der Waals surface area contributed by atoms with Gasteiger partial charge in [0, 0.05) is 44.3 Å². The first-order valence-electron chi connectivity index (χ1n) is 25.5. The standard InChI is InChI=1S/C60H64N4O8Si4/c1-73(2,3)41-25-33(21-37(29-41)57(65)66)53-45-13-15-47(61-45)54(34-22-38(58(67)68)30-42(26-34)74(4,5)6)49-17-19-51(63-49)56(36-24-40(60(71)72)32-44(28-36)76(10,11)12)52-20-18-50(64-52)55(48-16-14-46(53)62-48)35-23-39(59(69)70)31-43(27-35)75(7,8)9/h13-17,19,21-32,62-63H,18,20H2,1-12H3,(H,65,66)(H,67,68)(H,69,70)(H,71,72). The Bertz CT molecular complexity index is 3600. The van der Waals surface area contributed by atoms with E-state index in [1.165, 1.54) is 0 Å². The second kappa shape index (κ2) is 19.3. The molecule has 8 bridgehead atoms. The number of H-pyrrole nitrogens is 2. The maximum atomic E-state index is 13.0. The predicted molar refractivity (Wildman–Crippen MR) is 319 cm³/mol. The Hall–Kier alpha value is -7.51. The first-order valence-corrected chi connectivity index (χ1v) is 39.5. The Morgan fingerprint density at radius 2 is 0.618 bits per heavy atom. The van der Waals surface area contributed by atoms with E-state index in [9.17, 15) is 39.6 Å². The Kier molecular flexibility index (Phi) is 13.5. The summed E-state index contributed by atoms with van der Waals surface area (Å²) in [6.45, 7) is 26.1. The molecule has 2 aliphatic rings. The summed E-state index contributed by atoms with van der Waals surface area (Å²) >= 11 is 0. The van der Waals surface area contributed by atoms with Crippen molar-refractivity contribution in [3.63, 3.8) is 0 Å². The van der Waals surface area contributed by atoms with E-state index < -0.39 is 56.2 Å². The number of hydrogen-bond donors (Lipinski definition) is 6. The molecule has 0 saturated carbocycles. The summed E-state index contributed by atoms with van der Waals surface area (Å²) in [5.41, 5.74) is 10.9. The molecule has 6 N–H and O–H groups in total. The van der Waals surface area contributed by atoms with E-state index in [1.807, 2.05) is 36.4 Å². The number of aromatic carboxylic acids is 4. The molecule has 0 spiro atoms. The number of nitrogens with one attached hydrogen (secondary N) is 2. The first kappa shape index (κ1) is 53.3. The van der Waals surface area contributed by atoms with Crippen LogP contribution in [0.15, 0.2) is 97.1 Å². The average Bonchev–Trinajstić information content (AvgIpc) is 4.19. The van der Waals surface area contributed by atoms with Gasteiger partial charge in [-0.15, -0.1) is 0 Å². The largest absolute Gasteiger partial charge is 0.478 e. The van der Waals surface area contributed by atoms with Crippen molar-refractivity contribution in [2.24, 2.45) is 0 Å². The topological polar surface area (TPSA) is 207 Å². The molecule has 0 amide bonds. The summed E-state index contributed by atoms with van der Waals surface area (Å²) in [4.78, 5) is 70.3. The van der Waals surface area contributed by atoms with Gasteiger partial charge < -0.3 is 30.4 Å². The number of aromatic amines is 2. The van der Waals surface area contributed by atoms with Crippen molar-refractivity contribution < 1.29 is 39.6 Å². The smallest absolute Gasteiger partial charge is 0.335 e. The molecule has 0 radical (unpaired) electrons. The fourth-order valence-corrected chi connectivity index (χ4v) is 14.7. The lowest BCUT2D eigenvalue weighted by molar-refractivity contribution is 0.0686. The fraction of sp³-hybridized carbons (Fsp3) is 0.233. The van der Waals surface area contributed by atoms with Crippen LogP contribution in [0.5, 0.6) is 0 Å². The van der Waals surface area contributed by atoms with Crippen LogP contribution in [0.25, 0.3) is 78.7 Å². The molecule has 0 saturated heterocycles. The number of carboxylic acid groups (broad SMARTS) is 4. The third-order valence-electron chi connectivity index (χ3n) is 14.4. The zero-order valence-corrected chi connectivity index (χ0v) is 49.1. The van der Waals surface area contributed by atoms with Gasteiger partial charge in [-0.05, 0) is 120 Å². The number of aromatic nitrogens is 4. The van der Waals surface area contributed by atoms with E-state index in [2.05, 4.69) is 113 Å². The third-order valence-corrected chi connectivity index (χ3v) is 22.5. The number of aryl methyl sites for hydroxylation is 2. The second-order valence-electron chi connectivity index (χ2n) is 24.2. The van der Waals surface area contributed by atoms with Gasteiger partial charge in [0.2, 0.25) is 0 Å². The normalized spacial score (nSPS) is 13.0. The van der Waals surface area contributed by atoms with Crippen molar-refractivity contribution in [2.45, 2.75) is 91.4 Å². The minimum Gasteiger partial charge on any atom is -0.478 e. The van der Waals surface area contributed by atoms with Gasteiger partial charge in [0.25, 0.3) is 0 Å². The van der Waals surface area contributed by atoms with Gasteiger partial charge in [0.1, 0.15) is 0 Å². The lowest BCUT2D eigenvalue weighted by Gasteiger charge is -2.19. The molecule has 0 unspecified atom stereocenters. The summed E-state index contributed by atoms with van der Waals surface area (Å²) < 4.78 is 0. The third kappa shape index (κ3) is 10.5. The fourth-order valence-electron chi connectivity index (χ4n) is 10.0. The molecule has 76 heavy (non-hydrogen) atoms. The SMILES string of the molecule is C[Si](C)(C)c1cc(C(=O)O)cc(-c2c3nc(c(-c4cc(C(=O)O)cc([Si](C)(C)C)c4)c4ccc([nH]4)c(-c4cc(C(=O)O)cc([Si](C)(C)C)c4)c4nc(c(-c5cc(C(=O)O)cc([Si](C)(C)C)c5)c5ccc2[nH]5)CC4)C=C3)c1. The highest BCUT2D eigenvalue weighted by Gasteiger charge is 2.29. The van der Waals surface area contributed by atoms with Gasteiger partial charge in [-0.3, -0.25) is 4.98 Å². The lowest BCUT2D eigenvalue weighted by atomic mass is 9.98. The number of benzene rings is 4. The summed E-state index contributed by atoms with van der Waals surface area (Å²) in [7, 11) is -8.53. The van der Waals surface area contributed by atoms with Gasteiger partial charge in [0.15, 0.2) is 0 Å². The maximum Gasteiger partial charge on any atom is 0.335 e. The van der Waals surface area contributed by atoms with Crippen molar-refractivity contribution in [3.8, 4) is 44.5 Å². The number of carbonyl (C=O) groups is 4. The maximum absolute atomic E-state index is 13.0. The van der Waals surface area contributed by atoms with Crippen LogP contribution in [-0.2, 0) is 12.8 Å². The molecule has 0 fully saturated rings. The molecular formula is C60H64N4O8Si4. The quantitative estimate of drug-likeness (QED) is 0.0638. The molecule has 16 heteroatoms. The van der Waals surface area contributed by atoms with Crippen molar-refractivity contribution in [1.82, 2.24) is 19.9 Å². The molecule has 388 valence electrons. The summed E-state index contributed by atoms with van der Waals surface area (Å²) in [6, 6.07) is 29.9. The number of rotatable bonds is 12. The molecule has 7 aromatic rings. The van der Waals surface area contributed by atoms with Gasteiger partial charge in [0.05, 0.1) is 77.3 Å². The Balaban J connectivity index is 1.54. The second-order valence-corrected chi connectivity index (χ2v) is 44.5. The molecule has 0 atom stereocenters. The molecule has 12 nitrogen and oxygen atoms in total. The Morgan fingerprint density at radius 3 is 0.868 bits per heavy atom. The Labute approximate surface area is 446 Å². The average molecular weight is 1080 g/mol. The zero-order valence-electron chi connectivity index (χ0n) is 45.1. The van der Waals surface area contributed by atoms with E-state index in [0.717, 1.165) is 20.7 Å². The van der Waals surface area contributed by atoms with Gasteiger partial charge >= 0.3 is 23.9 Å². The minimum absolute atomic E-state index is 0.140. The van der Waals surface area contributed by atoms with Crippen LogP contribution in [-0.4, -0.2) is 96.5 Å². The number of carboxylic acids is 4. The minimum atomic E-state index is -2.14. The number of fused-ring (bicyclic) bond motifs is 8. The van der Waals surface area contributed by atoms with E-state index in [1.54, 1.807) is 48.5 Å². The van der Waals surface area contributed by atoms with Gasteiger partial charge in [-0.25, -0.2) is 24.2 Å². The molecule has 4 aromatic carbocycles. The van der Waals surface area contributed by atoms with Crippen LogP contribution in [0.4, 0.5) is 0 Å². The van der Waals surface area contributed by atoms with Crippen LogP contribution in [0.1, 0.15) is 64.2 Å². The molecule has 9 rings (SSSR count). The van der Waals surface area contributed by atoms with E-state index in [-0.39, 0.29) is 22.3 Å². The summed E-state index contributed by atoms with van der Waals surface area (Å²) in [5, 5.41) is 46.2. The van der Waals surface area contributed by atoms with Crippen LogP contribution in [0, 0.1) is 0 Å². The van der Waals surface area contributed by atoms with Crippen LogP contribution in [0.2, 0.25) is 78.6 Å².